The number of carbonyl (C=O) groups is 1. The van der Waals surface area contributed by atoms with Crippen molar-refractivity contribution in [1.29, 1.82) is 0 Å². The van der Waals surface area contributed by atoms with Crippen LogP contribution in [0.2, 0.25) is 0 Å². The number of benzene rings is 6. The van der Waals surface area contributed by atoms with E-state index in [1.807, 2.05) is 109 Å². The second-order valence-corrected chi connectivity index (χ2v) is 19.3. The molecule has 0 saturated carbocycles. The predicted molar refractivity (Wildman–Crippen MR) is 287 cm³/mol. The van der Waals surface area contributed by atoms with Gasteiger partial charge in [-0.05, 0) is 127 Å². The van der Waals surface area contributed by atoms with Crippen LogP contribution in [-0.2, 0) is 11.2 Å². The van der Waals surface area contributed by atoms with Crippen molar-refractivity contribution in [2.24, 2.45) is 5.73 Å². The van der Waals surface area contributed by atoms with Crippen LogP contribution in [-0.4, -0.2) is 73.1 Å². The van der Waals surface area contributed by atoms with Crippen LogP contribution < -0.4 is 10.5 Å². The van der Waals surface area contributed by atoms with Crippen LogP contribution >= 0.6 is 90.4 Å². The summed E-state index contributed by atoms with van der Waals surface area (Å²) in [5.74, 6) is 2.94. The number of ether oxygens (including phenoxy) is 1. The van der Waals surface area contributed by atoms with Gasteiger partial charge in [-0.15, -0.1) is 0 Å². The second kappa shape index (κ2) is 18.6. The molecule has 8 bridgehead atoms. The van der Waals surface area contributed by atoms with Crippen molar-refractivity contribution in [3.05, 3.63) is 141 Å². The molecule has 6 N–H and O–H groups in total. The number of phenolic OH excluding ortho intramolecular Hbond substituents is 1. The van der Waals surface area contributed by atoms with E-state index in [0.29, 0.717) is 64.5 Å². The number of phenols is 1. The number of carboxylic acids is 1. The number of fused-ring (bicyclic) bond motifs is 20. The van der Waals surface area contributed by atoms with Crippen molar-refractivity contribution in [1.82, 2.24) is 39.9 Å². The quantitative estimate of drug-likeness (QED) is 0.0811. The molecule has 2 aliphatic heterocycles. The Kier molecular flexibility index (Phi) is 12.9. The fourth-order valence-corrected chi connectivity index (χ4v) is 11.3. The highest BCUT2D eigenvalue weighted by atomic mass is 127. The summed E-state index contributed by atoms with van der Waals surface area (Å²) in [5.41, 5.74) is 12.9. The van der Waals surface area contributed by atoms with Crippen molar-refractivity contribution in [3.8, 4) is 62.8 Å². The number of nitrogens with two attached hydrogens (primary N) is 1. The molecule has 18 heteroatoms. The fourth-order valence-electron chi connectivity index (χ4n) is 7.48. The van der Waals surface area contributed by atoms with Gasteiger partial charge in [0, 0.05) is 54.8 Å². The predicted octanol–water partition coefficient (Wildman–Crippen LogP) is 11.0. The standard InChI is InChI=1S/C32H18N8.C15H11I4NO4.Si/c1-2-10-18-17(9-1)25-33-26(18)38-28-21-13-5-6-14-22(21)30(35-28)40-32-24-16-8-7-15-23(24)31(36-32)39-29-20-12-4-3-11-19(20)27(34-29)37-25;16-8-4-7(5-9(17)13(8)21)24-14-10(18)1-6(2-11(14)19)3-12(20)15(22)23;/h1-16H,(H2,33,34,35,36,37,38,39,40);1-2,4-5,12,21H,3,20H2,(H,22,23);/t;12-;/m.0./s1. The van der Waals surface area contributed by atoms with Crippen LogP contribution in [0.3, 0.4) is 0 Å². The third kappa shape index (κ3) is 8.82. The molecule has 6 aromatic carbocycles. The van der Waals surface area contributed by atoms with Crippen LogP contribution in [0.1, 0.15) is 5.56 Å². The largest absolute Gasteiger partial charge is 0.506 e. The number of H-pyrrole nitrogens is 2. The van der Waals surface area contributed by atoms with Gasteiger partial charge in [0.2, 0.25) is 0 Å². The summed E-state index contributed by atoms with van der Waals surface area (Å²) in [5, 5.41) is 22.6. The summed E-state index contributed by atoms with van der Waals surface area (Å²) in [6.07, 6.45) is 0.261. The minimum atomic E-state index is -1.02. The van der Waals surface area contributed by atoms with Gasteiger partial charge in [0.15, 0.2) is 29.0 Å². The third-order valence-electron chi connectivity index (χ3n) is 10.5. The average molecular weight is 1320 g/mol. The Morgan fingerprint density at radius 2 is 0.892 bits per heavy atom. The summed E-state index contributed by atoms with van der Waals surface area (Å²) in [6.45, 7) is 0. The summed E-state index contributed by atoms with van der Waals surface area (Å²) < 4.78 is 9.14. The SMILES string of the molecule is N[C@@H](Cc1cc(I)c(Oc2cc(I)c(O)c(I)c2)c(I)c1)C(=O)O.[Si].c1ccc2c(c1)-c1nc-2nc2[nH]c(nc3nc(nc4[nH]c(n1)c1ccccc41)-c1ccccc1-3)c1ccccc21. The zero-order chi connectivity index (χ0) is 44.2. The molecular formula is C47H29I4N9O4Si. The molecule has 4 radical (unpaired) electrons. The maximum absolute atomic E-state index is 10.9. The molecule has 13 nitrogen and oxygen atoms in total. The van der Waals surface area contributed by atoms with E-state index in [4.69, 9.17) is 45.5 Å². The van der Waals surface area contributed by atoms with E-state index in [1.165, 1.54) is 0 Å². The smallest absolute Gasteiger partial charge is 0.320 e. The zero-order valence-corrected chi connectivity index (χ0v) is 42.9. The Labute approximate surface area is 428 Å². The molecule has 0 spiro atoms. The first-order chi connectivity index (χ1) is 31.0. The Hall–Kier alpha value is -5.15. The van der Waals surface area contributed by atoms with Crippen LogP contribution in [0.15, 0.2) is 121 Å². The van der Waals surface area contributed by atoms with Crippen LogP contribution in [0.25, 0.3) is 89.7 Å². The lowest BCUT2D eigenvalue weighted by Crippen LogP contribution is -2.32. The molecule has 0 unspecified atom stereocenters. The Balaban J connectivity index is 0.000000185. The van der Waals surface area contributed by atoms with Crippen LogP contribution in [0, 0.1) is 14.3 Å². The van der Waals surface area contributed by atoms with E-state index in [1.54, 1.807) is 12.1 Å². The zero-order valence-electron chi connectivity index (χ0n) is 33.3. The minimum absolute atomic E-state index is 0. The number of aromatic nitrogens is 8. The van der Waals surface area contributed by atoms with Crippen molar-refractivity contribution in [2.45, 2.75) is 12.5 Å². The van der Waals surface area contributed by atoms with Crippen molar-refractivity contribution in [3.63, 3.8) is 0 Å². The van der Waals surface area contributed by atoms with E-state index < -0.39 is 12.0 Å². The molecule has 2 aliphatic rings. The Bertz CT molecular complexity index is 3200. The number of aliphatic carboxylic acids is 1. The van der Waals surface area contributed by atoms with Gasteiger partial charge in [-0.2, -0.15) is 0 Å². The van der Waals surface area contributed by atoms with Gasteiger partial charge >= 0.3 is 5.97 Å². The van der Waals surface area contributed by atoms with Crippen LogP contribution in [0.5, 0.6) is 17.2 Å². The molecule has 3 aromatic heterocycles. The van der Waals surface area contributed by atoms with Crippen LogP contribution in [0.4, 0.5) is 0 Å². The Morgan fingerprint density at radius 3 is 1.23 bits per heavy atom. The fraction of sp³-hybridized carbons (Fsp3) is 0.0426. The summed E-state index contributed by atoms with van der Waals surface area (Å²) in [4.78, 5) is 47.7. The maximum Gasteiger partial charge on any atom is 0.320 e. The number of nitrogens with zero attached hydrogens (tertiary/aromatic N) is 6. The van der Waals surface area contributed by atoms with E-state index in [0.717, 1.165) is 56.5 Å². The highest BCUT2D eigenvalue weighted by Crippen LogP contribution is 2.39. The normalized spacial score (nSPS) is 11.8. The molecule has 0 amide bonds. The molecule has 0 fully saturated rings. The molecule has 11 rings (SSSR count). The lowest BCUT2D eigenvalue weighted by molar-refractivity contribution is -0.138. The van der Waals surface area contributed by atoms with E-state index in [9.17, 15) is 9.90 Å². The average Bonchev–Trinajstić information content (AvgIpc) is 4.03. The molecule has 9 aromatic rings. The number of aromatic amines is 2. The highest BCUT2D eigenvalue weighted by molar-refractivity contribution is 14.1. The lowest BCUT2D eigenvalue weighted by Gasteiger charge is -2.14. The number of rotatable bonds is 5. The summed E-state index contributed by atoms with van der Waals surface area (Å²) in [6, 6.07) is 38.6. The lowest BCUT2D eigenvalue weighted by atomic mass is 10.1. The third-order valence-corrected chi connectivity index (χ3v) is 13.7. The van der Waals surface area contributed by atoms with E-state index >= 15 is 0 Å². The first-order valence-electron chi connectivity index (χ1n) is 19.5. The topological polar surface area (TPSA) is 202 Å². The Morgan fingerprint density at radius 1 is 0.554 bits per heavy atom. The number of aromatic hydroxyl groups is 1. The van der Waals surface area contributed by atoms with Gasteiger partial charge in [-0.25, -0.2) is 29.9 Å². The van der Waals surface area contributed by atoms with Gasteiger partial charge in [-0.1, -0.05) is 97.1 Å². The highest BCUT2D eigenvalue weighted by Gasteiger charge is 2.22. The molecular weight excluding hydrogens is 1290 g/mol. The molecule has 318 valence electrons. The number of hydrogen-bond acceptors (Lipinski definition) is 10. The van der Waals surface area contributed by atoms with E-state index in [-0.39, 0.29) is 23.1 Å². The minimum Gasteiger partial charge on any atom is -0.506 e. The summed E-state index contributed by atoms with van der Waals surface area (Å²) >= 11 is 8.42. The molecule has 0 saturated heterocycles. The summed E-state index contributed by atoms with van der Waals surface area (Å²) in [7, 11) is 0. The van der Waals surface area contributed by atoms with E-state index in [2.05, 4.69) is 100 Å². The first kappa shape index (κ1) is 45.0. The maximum atomic E-state index is 10.9. The van der Waals surface area contributed by atoms with Crippen molar-refractivity contribution in [2.75, 3.05) is 0 Å². The van der Waals surface area contributed by atoms with Crippen molar-refractivity contribution < 1.29 is 19.7 Å². The second-order valence-electron chi connectivity index (χ2n) is 14.7. The molecule has 65 heavy (non-hydrogen) atoms. The number of halogens is 4. The monoisotopic (exact) mass is 1320 g/mol. The number of nitrogens with one attached hydrogen (secondary N) is 2. The number of hydrogen-bond donors (Lipinski definition) is 5. The van der Waals surface area contributed by atoms with Crippen molar-refractivity contribution >= 4 is 151 Å². The van der Waals surface area contributed by atoms with Gasteiger partial charge < -0.3 is 30.7 Å². The molecule has 1 atom stereocenters. The van der Waals surface area contributed by atoms with Gasteiger partial charge in [0.05, 0.1) is 14.3 Å². The number of carboxylic acid groups (broad SMARTS) is 1. The first-order valence-corrected chi connectivity index (χ1v) is 23.8. The molecule has 0 aliphatic carbocycles. The van der Waals surface area contributed by atoms with Gasteiger partial charge in [0.25, 0.3) is 0 Å². The van der Waals surface area contributed by atoms with Gasteiger partial charge in [-0.3, -0.25) is 4.79 Å². The van der Waals surface area contributed by atoms with Gasteiger partial charge in [0.1, 0.15) is 40.1 Å². The molecule has 5 heterocycles.